The Balaban J connectivity index is 1.99. The van der Waals surface area contributed by atoms with Crippen LogP contribution in [0.4, 0.5) is 0 Å². The lowest BCUT2D eigenvalue weighted by molar-refractivity contribution is -0.141. The lowest BCUT2D eigenvalue weighted by Crippen LogP contribution is -2.41. The minimum Gasteiger partial charge on any atom is -0.480 e. The van der Waals surface area contributed by atoms with Gasteiger partial charge in [0.2, 0.25) is 5.91 Å². The van der Waals surface area contributed by atoms with Crippen molar-refractivity contribution in [3.8, 4) is 10.8 Å². The maximum absolute atomic E-state index is 11.8. The molecule has 2 heterocycles. The van der Waals surface area contributed by atoms with Crippen LogP contribution in [-0.2, 0) is 16.0 Å². The quantitative estimate of drug-likeness (QED) is 0.853. The van der Waals surface area contributed by atoms with Crippen molar-refractivity contribution in [2.75, 3.05) is 0 Å². The number of furan rings is 1. The Kier molecular flexibility index (Phi) is 4.74. The molecule has 7 heteroatoms. The summed E-state index contributed by atoms with van der Waals surface area (Å²) in [4.78, 5) is 27.0. The monoisotopic (exact) mass is 308 g/mol. The van der Waals surface area contributed by atoms with Gasteiger partial charge in [0.25, 0.3) is 0 Å². The molecule has 2 aromatic rings. The van der Waals surface area contributed by atoms with E-state index < -0.39 is 12.0 Å². The largest absolute Gasteiger partial charge is 0.480 e. The second-order valence-corrected chi connectivity index (χ2v) is 5.46. The number of rotatable bonds is 6. The molecule has 1 unspecified atom stereocenters. The van der Waals surface area contributed by atoms with E-state index in [9.17, 15) is 9.59 Å². The van der Waals surface area contributed by atoms with E-state index in [-0.39, 0.29) is 12.3 Å². The van der Waals surface area contributed by atoms with E-state index in [1.54, 1.807) is 12.3 Å². The fourth-order valence-electron chi connectivity index (χ4n) is 1.80. The summed E-state index contributed by atoms with van der Waals surface area (Å²) >= 11 is 1.39. The van der Waals surface area contributed by atoms with Crippen molar-refractivity contribution in [3.63, 3.8) is 0 Å². The number of nitrogens with one attached hydrogen (secondary N) is 1. The van der Waals surface area contributed by atoms with E-state index in [0.717, 1.165) is 5.76 Å². The molecule has 6 nitrogen and oxygen atoms in total. The first kappa shape index (κ1) is 15.2. The van der Waals surface area contributed by atoms with Gasteiger partial charge in [-0.05, 0) is 25.5 Å². The normalized spacial score (nSPS) is 12.1. The van der Waals surface area contributed by atoms with Crippen molar-refractivity contribution in [1.82, 2.24) is 10.3 Å². The van der Waals surface area contributed by atoms with Gasteiger partial charge in [-0.15, -0.1) is 11.3 Å². The standard InChI is InChI=1S/C14H16N2O4S/c1-3-10(14(18)19)16-12(17)6-9-7-21-13(15-9)11-5-4-8(2)20-11/h4-5,7,10H,3,6H2,1-2H3,(H,16,17)(H,18,19). The minimum atomic E-state index is -1.03. The number of hydrogen-bond donors (Lipinski definition) is 2. The van der Waals surface area contributed by atoms with Crippen LogP contribution in [0.15, 0.2) is 21.9 Å². The Labute approximate surface area is 125 Å². The van der Waals surface area contributed by atoms with Crippen LogP contribution in [0.1, 0.15) is 24.8 Å². The van der Waals surface area contributed by atoms with E-state index in [1.807, 2.05) is 19.1 Å². The number of carboxylic acid groups (broad SMARTS) is 1. The third-order valence-electron chi connectivity index (χ3n) is 2.89. The number of thiazole rings is 1. The van der Waals surface area contributed by atoms with E-state index in [2.05, 4.69) is 10.3 Å². The number of hydrogen-bond acceptors (Lipinski definition) is 5. The predicted molar refractivity (Wildman–Crippen MR) is 78.1 cm³/mol. The highest BCUT2D eigenvalue weighted by atomic mass is 32.1. The van der Waals surface area contributed by atoms with Crippen molar-refractivity contribution < 1.29 is 19.1 Å². The molecule has 0 saturated heterocycles. The number of aliphatic carboxylic acids is 1. The molecule has 2 aromatic heterocycles. The summed E-state index contributed by atoms with van der Waals surface area (Å²) in [5, 5.41) is 13.9. The zero-order chi connectivity index (χ0) is 15.4. The van der Waals surface area contributed by atoms with E-state index in [4.69, 9.17) is 9.52 Å². The Morgan fingerprint density at radius 3 is 2.81 bits per heavy atom. The molecule has 0 bridgehead atoms. The molecule has 21 heavy (non-hydrogen) atoms. The van der Waals surface area contributed by atoms with Crippen LogP contribution in [0.3, 0.4) is 0 Å². The summed E-state index contributed by atoms with van der Waals surface area (Å²) in [6, 6.07) is 2.82. The SMILES string of the molecule is CCC(NC(=O)Cc1csc(-c2ccc(C)o2)n1)C(=O)O. The van der Waals surface area contributed by atoms with Crippen molar-refractivity contribution >= 4 is 23.2 Å². The fraction of sp³-hybridized carbons (Fsp3) is 0.357. The van der Waals surface area contributed by atoms with E-state index >= 15 is 0 Å². The van der Waals surface area contributed by atoms with Crippen LogP contribution in [0.5, 0.6) is 0 Å². The first-order valence-corrected chi connectivity index (χ1v) is 7.41. The summed E-state index contributed by atoms with van der Waals surface area (Å²) in [5.41, 5.74) is 0.599. The van der Waals surface area contributed by atoms with Crippen molar-refractivity contribution in [3.05, 3.63) is 29.0 Å². The van der Waals surface area contributed by atoms with Crippen LogP contribution in [0, 0.1) is 6.92 Å². The van der Waals surface area contributed by atoms with Gasteiger partial charge < -0.3 is 14.8 Å². The van der Waals surface area contributed by atoms with Crippen LogP contribution < -0.4 is 5.32 Å². The zero-order valence-electron chi connectivity index (χ0n) is 11.8. The number of carbonyl (C=O) groups is 2. The predicted octanol–water partition coefficient (Wildman–Crippen LogP) is 2.23. The third-order valence-corrected chi connectivity index (χ3v) is 3.79. The fourth-order valence-corrected chi connectivity index (χ4v) is 2.58. The number of aromatic nitrogens is 1. The molecular formula is C14H16N2O4S. The first-order chi connectivity index (χ1) is 9.99. The van der Waals surface area contributed by atoms with Crippen LogP contribution in [-0.4, -0.2) is 28.0 Å². The Hall–Kier alpha value is -2.15. The molecule has 112 valence electrons. The molecule has 0 aliphatic carbocycles. The van der Waals surface area contributed by atoms with Gasteiger partial charge in [0.1, 0.15) is 11.8 Å². The van der Waals surface area contributed by atoms with Gasteiger partial charge in [-0.3, -0.25) is 4.79 Å². The molecule has 0 radical (unpaired) electrons. The second kappa shape index (κ2) is 6.53. The molecule has 0 spiro atoms. The molecule has 0 fully saturated rings. The van der Waals surface area contributed by atoms with Crippen molar-refractivity contribution in [1.29, 1.82) is 0 Å². The number of aryl methyl sites for hydroxylation is 1. The number of carboxylic acids is 1. The van der Waals surface area contributed by atoms with Gasteiger partial charge in [-0.2, -0.15) is 0 Å². The molecule has 1 atom stereocenters. The maximum atomic E-state index is 11.8. The summed E-state index contributed by atoms with van der Waals surface area (Å²) < 4.78 is 5.47. The zero-order valence-corrected chi connectivity index (χ0v) is 12.6. The molecule has 0 aliphatic rings. The van der Waals surface area contributed by atoms with Crippen LogP contribution in [0.2, 0.25) is 0 Å². The lowest BCUT2D eigenvalue weighted by atomic mass is 10.2. The molecule has 0 saturated carbocycles. The summed E-state index contributed by atoms with van der Waals surface area (Å²) in [5.74, 6) is 0.0838. The van der Waals surface area contributed by atoms with Gasteiger partial charge in [0.05, 0.1) is 12.1 Å². The highest BCUT2D eigenvalue weighted by Crippen LogP contribution is 2.25. The maximum Gasteiger partial charge on any atom is 0.326 e. The smallest absolute Gasteiger partial charge is 0.326 e. The van der Waals surface area contributed by atoms with Gasteiger partial charge in [-0.1, -0.05) is 6.92 Å². The average molecular weight is 308 g/mol. The summed E-state index contributed by atoms with van der Waals surface area (Å²) in [6.07, 6.45) is 0.398. The number of nitrogens with zero attached hydrogens (tertiary/aromatic N) is 1. The van der Waals surface area contributed by atoms with Crippen LogP contribution in [0.25, 0.3) is 10.8 Å². The van der Waals surface area contributed by atoms with Gasteiger partial charge in [-0.25, -0.2) is 9.78 Å². The molecule has 2 rings (SSSR count). The molecule has 0 aliphatic heterocycles. The molecule has 2 N–H and O–H groups in total. The van der Waals surface area contributed by atoms with Crippen LogP contribution >= 0.6 is 11.3 Å². The minimum absolute atomic E-state index is 0.0555. The summed E-state index contributed by atoms with van der Waals surface area (Å²) in [7, 11) is 0. The van der Waals surface area contributed by atoms with E-state index in [0.29, 0.717) is 22.9 Å². The lowest BCUT2D eigenvalue weighted by Gasteiger charge is -2.11. The first-order valence-electron chi connectivity index (χ1n) is 6.53. The van der Waals surface area contributed by atoms with Gasteiger partial charge >= 0.3 is 5.97 Å². The highest BCUT2D eigenvalue weighted by molar-refractivity contribution is 7.13. The number of carbonyl (C=O) groups excluding carboxylic acids is 1. The Morgan fingerprint density at radius 1 is 1.48 bits per heavy atom. The van der Waals surface area contributed by atoms with Gasteiger partial charge in [0, 0.05) is 5.38 Å². The molecule has 1 amide bonds. The number of amides is 1. The molecular weight excluding hydrogens is 292 g/mol. The highest BCUT2D eigenvalue weighted by Gasteiger charge is 2.18. The average Bonchev–Trinajstić information content (AvgIpc) is 3.04. The van der Waals surface area contributed by atoms with Crippen molar-refractivity contribution in [2.24, 2.45) is 0 Å². The topological polar surface area (TPSA) is 92.4 Å². The summed E-state index contributed by atoms with van der Waals surface area (Å²) in [6.45, 7) is 3.56. The third kappa shape index (κ3) is 3.91. The molecule has 0 aromatic carbocycles. The Bertz CT molecular complexity index is 647. The second-order valence-electron chi connectivity index (χ2n) is 4.60. The van der Waals surface area contributed by atoms with E-state index in [1.165, 1.54) is 11.3 Å². The van der Waals surface area contributed by atoms with Gasteiger partial charge in [0.15, 0.2) is 10.8 Å². The van der Waals surface area contributed by atoms with Crippen molar-refractivity contribution in [2.45, 2.75) is 32.7 Å². The Morgan fingerprint density at radius 2 is 2.24 bits per heavy atom.